The van der Waals surface area contributed by atoms with E-state index in [1.807, 2.05) is 13.2 Å². The molecule has 0 aliphatic carbocycles. The molecule has 0 fully saturated rings. The number of carbonyl (C=O) groups excluding carboxylic acids is 1. The average molecular weight is 201 g/mol. The van der Waals surface area contributed by atoms with Crippen LogP contribution in [0.25, 0.3) is 0 Å². The van der Waals surface area contributed by atoms with Crippen LogP contribution in [-0.4, -0.2) is 44.6 Å². The van der Waals surface area contributed by atoms with Crippen molar-refractivity contribution in [3.05, 3.63) is 5.82 Å². The van der Waals surface area contributed by atoms with Crippen LogP contribution >= 0.6 is 11.8 Å². The Balaban J connectivity index is 2.35. The van der Waals surface area contributed by atoms with E-state index < -0.39 is 0 Å². The van der Waals surface area contributed by atoms with E-state index in [2.05, 4.69) is 25.9 Å². The molecule has 0 bridgehead atoms. The Labute approximate surface area is 79.9 Å². The van der Waals surface area contributed by atoms with Crippen LogP contribution in [-0.2, 0) is 0 Å². The van der Waals surface area contributed by atoms with Crippen LogP contribution in [0.5, 0.6) is 0 Å². The zero-order valence-electron chi connectivity index (χ0n) is 7.44. The fourth-order valence-electron chi connectivity index (χ4n) is 0.657. The molecule has 2 N–H and O–H groups in total. The lowest BCUT2D eigenvalue weighted by molar-refractivity contribution is 0.0944. The van der Waals surface area contributed by atoms with E-state index in [1.165, 1.54) is 0 Å². The molecule has 1 heterocycles. The molecule has 1 amide bonds. The molecule has 6 nitrogen and oxygen atoms in total. The van der Waals surface area contributed by atoms with E-state index in [9.17, 15) is 4.79 Å². The number of H-pyrrole nitrogens is 1. The van der Waals surface area contributed by atoms with Crippen molar-refractivity contribution in [1.82, 2.24) is 25.9 Å². The molecular formula is C6H11N5OS. The van der Waals surface area contributed by atoms with Gasteiger partial charge in [0.15, 0.2) is 0 Å². The molecule has 7 heteroatoms. The van der Waals surface area contributed by atoms with Crippen LogP contribution in [0.2, 0.25) is 0 Å². The minimum Gasteiger partial charge on any atom is -0.348 e. The number of nitrogens with zero attached hydrogens (tertiary/aromatic N) is 3. The number of carbonyl (C=O) groups is 1. The Morgan fingerprint density at radius 2 is 2.54 bits per heavy atom. The summed E-state index contributed by atoms with van der Waals surface area (Å²) in [6.45, 7) is 2.63. The predicted octanol–water partition coefficient (Wildman–Crippen LogP) is -0.319. The molecule has 0 aliphatic heterocycles. The van der Waals surface area contributed by atoms with Crippen LogP contribution in [0.1, 0.15) is 17.5 Å². The van der Waals surface area contributed by atoms with Crippen molar-refractivity contribution in [2.24, 2.45) is 0 Å². The third kappa shape index (κ3) is 3.02. The van der Waals surface area contributed by atoms with Crippen molar-refractivity contribution in [2.45, 2.75) is 12.2 Å². The summed E-state index contributed by atoms with van der Waals surface area (Å²) in [6.07, 6.45) is 1.99. The minimum atomic E-state index is -0.297. The second-order valence-corrected chi connectivity index (χ2v) is 3.77. The summed E-state index contributed by atoms with van der Waals surface area (Å²) in [5.41, 5.74) is 0. The lowest BCUT2D eigenvalue weighted by atomic mass is 10.4. The molecule has 0 radical (unpaired) electrons. The quantitative estimate of drug-likeness (QED) is 0.697. The molecule has 1 unspecified atom stereocenters. The van der Waals surface area contributed by atoms with Gasteiger partial charge in [-0.25, -0.2) is 0 Å². The van der Waals surface area contributed by atoms with E-state index in [0.29, 0.717) is 11.8 Å². The Bertz CT molecular complexity index is 262. The summed E-state index contributed by atoms with van der Waals surface area (Å²) in [5, 5.41) is 15.7. The number of hydrogen-bond donors (Lipinski definition) is 2. The van der Waals surface area contributed by atoms with Crippen molar-refractivity contribution in [3.63, 3.8) is 0 Å². The molecule has 0 saturated heterocycles. The second kappa shape index (κ2) is 4.80. The fraction of sp³-hybridized carbons (Fsp3) is 0.667. The van der Waals surface area contributed by atoms with E-state index in [0.717, 1.165) is 0 Å². The van der Waals surface area contributed by atoms with Gasteiger partial charge in [-0.1, -0.05) is 6.92 Å². The third-order valence-corrected chi connectivity index (χ3v) is 2.47. The van der Waals surface area contributed by atoms with Gasteiger partial charge in [0.2, 0.25) is 0 Å². The highest BCUT2D eigenvalue weighted by molar-refractivity contribution is 7.99. The molecule has 0 spiro atoms. The van der Waals surface area contributed by atoms with Gasteiger partial charge in [0.05, 0.1) is 0 Å². The highest BCUT2D eigenvalue weighted by Crippen LogP contribution is 2.02. The first-order chi connectivity index (χ1) is 6.24. The van der Waals surface area contributed by atoms with E-state index in [-0.39, 0.29) is 11.7 Å². The topological polar surface area (TPSA) is 83.6 Å². The molecule has 0 aromatic carbocycles. The molecule has 0 saturated carbocycles. The Morgan fingerprint density at radius 3 is 3.08 bits per heavy atom. The normalized spacial score (nSPS) is 12.5. The predicted molar refractivity (Wildman–Crippen MR) is 49.5 cm³/mol. The lowest BCUT2D eigenvalue weighted by Crippen LogP contribution is -2.30. The zero-order valence-corrected chi connectivity index (χ0v) is 8.26. The Kier molecular flexibility index (Phi) is 3.69. The van der Waals surface area contributed by atoms with Crippen LogP contribution in [0, 0.1) is 0 Å². The maximum absolute atomic E-state index is 11.2. The fourth-order valence-corrected chi connectivity index (χ4v) is 0.907. The van der Waals surface area contributed by atoms with Gasteiger partial charge in [-0.2, -0.15) is 17.0 Å². The van der Waals surface area contributed by atoms with E-state index >= 15 is 0 Å². The van der Waals surface area contributed by atoms with Gasteiger partial charge < -0.3 is 5.32 Å². The first-order valence-corrected chi connectivity index (χ1v) is 5.07. The monoisotopic (exact) mass is 201 g/mol. The van der Waals surface area contributed by atoms with Crippen molar-refractivity contribution < 1.29 is 4.79 Å². The third-order valence-electron chi connectivity index (χ3n) is 1.50. The molecular weight excluding hydrogens is 190 g/mol. The highest BCUT2D eigenvalue weighted by Gasteiger charge is 2.10. The lowest BCUT2D eigenvalue weighted by Gasteiger charge is -2.07. The van der Waals surface area contributed by atoms with Crippen molar-refractivity contribution in [3.8, 4) is 0 Å². The maximum atomic E-state index is 11.2. The summed E-state index contributed by atoms with van der Waals surface area (Å²) in [4.78, 5) is 11.2. The largest absolute Gasteiger partial charge is 0.348 e. The molecule has 0 aliphatic rings. The number of thioether (sulfide) groups is 1. The first-order valence-electron chi connectivity index (χ1n) is 3.78. The number of aromatic nitrogens is 4. The average Bonchev–Trinajstić information content (AvgIpc) is 2.66. The Hall–Kier alpha value is -1.11. The highest BCUT2D eigenvalue weighted by atomic mass is 32.2. The molecule has 1 aromatic heterocycles. The van der Waals surface area contributed by atoms with Crippen LogP contribution < -0.4 is 5.32 Å². The first kappa shape index (κ1) is 9.97. The molecule has 13 heavy (non-hydrogen) atoms. The minimum absolute atomic E-state index is 0.0771. The van der Waals surface area contributed by atoms with Crippen molar-refractivity contribution in [1.29, 1.82) is 0 Å². The summed E-state index contributed by atoms with van der Waals surface area (Å²) in [6, 6.07) is 0. The molecule has 1 aromatic rings. The molecule has 1 rings (SSSR count). The smallest absolute Gasteiger partial charge is 0.292 e. The Morgan fingerprint density at radius 1 is 1.77 bits per heavy atom. The van der Waals surface area contributed by atoms with Crippen LogP contribution in [0.4, 0.5) is 0 Å². The van der Waals surface area contributed by atoms with Crippen molar-refractivity contribution >= 4 is 17.7 Å². The van der Waals surface area contributed by atoms with Gasteiger partial charge in [-0.15, -0.1) is 10.2 Å². The van der Waals surface area contributed by atoms with Crippen molar-refractivity contribution in [2.75, 3.05) is 12.8 Å². The van der Waals surface area contributed by atoms with E-state index in [1.54, 1.807) is 11.8 Å². The summed E-state index contributed by atoms with van der Waals surface area (Å²) >= 11 is 1.69. The van der Waals surface area contributed by atoms with Crippen LogP contribution in [0.15, 0.2) is 0 Å². The van der Waals surface area contributed by atoms with Gasteiger partial charge >= 0.3 is 0 Å². The molecule has 72 valence electrons. The van der Waals surface area contributed by atoms with Gasteiger partial charge in [-0.3, -0.25) is 4.79 Å². The number of hydrogen-bond acceptors (Lipinski definition) is 5. The SMILES string of the molecule is CSC(C)CNC(=O)c1nn[nH]n1. The van der Waals surface area contributed by atoms with Crippen LogP contribution in [0.3, 0.4) is 0 Å². The maximum Gasteiger partial charge on any atom is 0.292 e. The molecule has 1 atom stereocenters. The van der Waals surface area contributed by atoms with Gasteiger partial charge in [-0.05, 0) is 11.5 Å². The van der Waals surface area contributed by atoms with Gasteiger partial charge in [0.1, 0.15) is 0 Å². The van der Waals surface area contributed by atoms with E-state index in [4.69, 9.17) is 0 Å². The number of rotatable bonds is 4. The number of amides is 1. The second-order valence-electron chi connectivity index (χ2n) is 2.49. The number of nitrogens with one attached hydrogen (secondary N) is 2. The van der Waals surface area contributed by atoms with Gasteiger partial charge in [0, 0.05) is 11.8 Å². The standard InChI is InChI=1S/C6H11N5OS/c1-4(13-2)3-7-6(12)5-8-10-11-9-5/h4H,3H2,1-2H3,(H,7,12)(H,8,9,10,11). The summed E-state index contributed by atoms with van der Waals surface area (Å²) in [5.74, 6) is -0.219. The number of tetrazole rings is 1. The zero-order chi connectivity index (χ0) is 9.68. The number of aromatic amines is 1. The van der Waals surface area contributed by atoms with Gasteiger partial charge in [0.25, 0.3) is 11.7 Å². The summed E-state index contributed by atoms with van der Waals surface area (Å²) in [7, 11) is 0. The summed E-state index contributed by atoms with van der Waals surface area (Å²) < 4.78 is 0.